The molecule has 1 heterocycles. The minimum Gasteiger partial charge on any atom is -0.329 e. The van der Waals surface area contributed by atoms with E-state index in [4.69, 9.17) is 5.73 Å². The summed E-state index contributed by atoms with van der Waals surface area (Å²) < 4.78 is 1.33. The molecule has 0 saturated heterocycles. The van der Waals surface area contributed by atoms with Gasteiger partial charge in [-0.25, -0.2) is 0 Å². The molecule has 2 N–H and O–H groups in total. The average molecular weight is 249 g/mol. The molecule has 0 aliphatic carbocycles. The van der Waals surface area contributed by atoms with E-state index in [9.17, 15) is 0 Å². The van der Waals surface area contributed by atoms with E-state index in [-0.39, 0.29) is 0 Å². The first kappa shape index (κ1) is 11.7. The maximum absolute atomic E-state index is 5.87. The smallest absolute Gasteiger partial charge is 0.0604 e. The third kappa shape index (κ3) is 2.67. The van der Waals surface area contributed by atoms with Crippen LogP contribution in [0.2, 0.25) is 0 Å². The fourth-order valence-corrected chi connectivity index (χ4v) is 3.77. The number of benzene rings is 1. The number of rotatable bonds is 4. The second kappa shape index (κ2) is 5.53. The van der Waals surface area contributed by atoms with Gasteiger partial charge in [0.25, 0.3) is 0 Å². The zero-order valence-electron chi connectivity index (χ0n) is 9.22. The van der Waals surface area contributed by atoms with Gasteiger partial charge in [-0.2, -0.15) is 0 Å². The molecule has 0 spiro atoms. The zero-order chi connectivity index (χ0) is 11.4. The van der Waals surface area contributed by atoms with E-state index in [1.54, 1.807) is 11.3 Å². The molecule has 84 valence electrons. The van der Waals surface area contributed by atoms with Crippen molar-refractivity contribution >= 4 is 23.1 Å². The van der Waals surface area contributed by atoms with Crippen LogP contribution in [0.4, 0.5) is 0 Å². The van der Waals surface area contributed by atoms with Crippen LogP contribution in [0.5, 0.6) is 0 Å². The Morgan fingerprint density at radius 1 is 1.25 bits per heavy atom. The highest BCUT2D eigenvalue weighted by molar-refractivity contribution is 8.01. The first-order chi connectivity index (χ1) is 7.81. The highest BCUT2D eigenvalue weighted by atomic mass is 32.2. The van der Waals surface area contributed by atoms with Crippen molar-refractivity contribution in [1.82, 2.24) is 0 Å². The maximum Gasteiger partial charge on any atom is 0.0604 e. The highest BCUT2D eigenvalue weighted by Crippen LogP contribution is 2.37. The van der Waals surface area contributed by atoms with Gasteiger partial charge in [0.15, 0.2) is 0 Å². The van der Waals surface area contributed by atoms with Gasteiger partial charge in [0.1, 0.15) is 0 Å². The molecule has 1 atom stereocenters. The lowest BCUT2D eigenvalue weighted by atomic mass is 10.1. The lowest BCUT2D eigenvalue weighted by molar-refractivity contribution is 0.932. The SMILES string of the molecule is Cc1ccccc1C(CN)Sc1cccs1. The number of thiophene rings is 1. The van der Waals surface area contributed by atoms with Gasteiger partial charge in [0.05, 0.1) is 4.21 Å². The molecule has 0 radical (unpaired) electrons. The molecule has 1 nitrogen and oxygen atoms in total. The summed E-state index contributed by atoms with van der Waals surface area (Å²) in [6, 6.07) is 12.7. The minimum atomic E-state index is 0.361. The fourth-order valence-electron chi connectivity index (χ4n) is 1.66. The summed E-state index contributed by atoms with van der Waals surface area (Å²) in [7, 11) is 0. The van der Waals surface area contributed by atoms with Crippen molar-refractivity contribution in [3.63, 3.8) is 0 Å². The molecule has 2 aromatic rings. The van der Waals surface area contributed by atoms with Crippen LogP contribution in [0.3, 0.4) is 0 Å². The predicted octanol–water partition coefficient (Wildman–Crippen LogP) is 3.85. The van der Waals surface area contributed by atoms with E-state index >= 15 is 0 Å². The van der Waals surface area contributed by atoms with Gasteiger partial charge < -0.3 is 5.73 Å². The molecule has 1 aromatic carbocycles. The van der Waals surface area contributed by atoms with Crippen molar-refractivity contribution in [3.05, 3.63) is 52.9 Å². The van der Waals surface area contributed by atoms with Crippen LogP contribution in [0.25, 0.3) is 0 Å². The van der Waals surface area contributed by atoms with Crippen molar-refractivity contribution in [2.45, 2.75) is 16.4 Å². The van der Waals surface area contributed by atoms with E-state index in [2.05, 4.69) is 48.7 Å². The van der Waals surface area contributed by atoms with E-state index in [1.165, 1.54) is 15.3 Å². The molecular weight excluding hydrogens is 234 g/mol. The van der Waals surface area contributed by atoms with E-state index in [1.807, 2.05) is 11.8 Å². The van der Waals surface area contributed by atoms with Crippen LogP contribution in [0.1, 0.15) is 16.4 Å². The van der Waals surface area contributed by atoms with Gasteiger partial charge >= 0.3 is 0 Å². The number of aryl methyl sites for hydroxylation is 1. The van der Waals surface area contributed by atoms with Crippen molar-refractivity contribution in [3.8, 4) is 0 Å². The Bertz CT molecular complexity index is 437. The highest BCUT2D eigenvalue weighted by Gasteiger charge is 2.13. The fraction of sp³-hybridized carbons (Fsp3) is 0.231. The molecule has 16 heavy (non-hydrogen) atoms. The van der Waals surface area contributed by atoms with Crippen LogP contribution < -0.4 is 5.73 Å². The zero-order valence-corrected chi connectivity index (χ0v) is 10.9. The predicted molar refractivity (Wildman–Crippen MR) is 73.2 cm³/mol. The first-order valence-corrected chi connectivity index (χ1v) is 7.03. The molecule has 3 heteroatoms. The van der Waals surface area contributed by atoms with Crippen LogP contribution >= 0.6 is 23.1 Å². The lowest BCUT2D eigenvalue weighted by Gasteiger charge is -2.16. The van der Waals surface area contributed by atoms with Gasteiger partial charge in [-0.1, -0.05) is 30.3 Å². The van der Waals surface area contributed by atoms with E-state index < -0.39 is 0 Å². The van der Waals surface area contributed by atoms with Crippen LogP contribution in [0, 0.1) is 6.92 Å². The monoisotopic (exact) mass is 249 g/mol. The van der Waals surface area contributed by atoms with Crippen molar-refractivity contribution in [2.75, 3.05) is 6.54 Å². The third-order valence-corrected chi connectivity index (χ3v) is 4.84. The number of thioether (sulfide) groups is 1. The Balaban J connectivity index is 2.20. The maximum atomic E-state index is 5.87. The Labute approximate surface area is 105 Å². The molecule has 0 aliphatic rings. The molecule has 0 saturated carbocycles. The van der Waals surface area contributed by atoms with E-state index in [0.717, 1.165) is 0 Å². The lowest BCUT2D eigenvalue weighted by Crippen LogP contribution is -2.10. The second-order valence-corrected chi connectivity index (χ2v) is 6.08. The summed E-state index contributed by atoms with van der Waals surface area (Å²) in [6.45, 7) is 2.82. The largest absolute Gasteiger partial charge is 0.329 e. The Morgan fingerprint density at radius 2 is 2.06 bits per heavy atom. The Kier molecular flexibility index (Phi) is 4.04. The number of hydrogen-bond acceptors (Lipinski definition) is 3. The Morgan fingerprint density at radius 3 is 2.69 bits per heavy atom. The van der Waals surface area contributed by atoms with E-state index in [0.29, 0.717) is 11.8 Å². The number of hydrogen-bond donors (Lipinski definition) is 1. The summed E-state index contributed by atoms with van der Waals surface area (Å²) in [4.78, 5) is 0. The van der Waals surface area contributed by atoms with Crippen LogP contribution in [-0.4, -0.2) is 6.54 Å². The second-order valence-electron chi connectivity index (χ2n) is 3.63. The molecule has 0 aliphatic heterocycles. The minimum absolute atomic E-state index is 0.361. The quantitative estimate of drug-likeness (QED) is 0.833. The molecule has 1 aromatic heterocycles. The molecule has 0 bridgehead atoms. The Hall–Kier alpha value is -0.770. The van der Waals surface area contributed by atoms with Gasteiger partial charge in [0.2, 0.25) is 0 Å². The molecular formula is C13H15NS2. The number of nitrogens with two attached hydrogens (primary N) is 1. The van der Waals surface area contributed by atoms with Crippen LogP contribution in [0.15, 0.2) is 46.0 Å². The molecule has 0 fully saturated rings. The average Bonchev–Trinajstić information content (AvgIpc) is 2.80. The topological polar surface area (TPSA) is 26.0 Å². The van der Waals surface area contributed by atoms with Gasteiger partial charge in [-0.3, -0.25) is 0 Å². The van der Waals surface area contributed by atoms with Gasteiger partial charge in [-0.05, 0) is 29.5 Å². The summed E-state index contributed by atoms with van der Waals surface area (Å²) >= 11 is 3.63. The van der Waals surface area contributed by atoms with Gasteiger partial charge in [0, 0.05) is 11.8 Å². The summed E-state index contributed by atoms with van der Waals surface area (Å²) in [6.07, 6.45) is 0. The van der Waals surface area contributed by atoms with Crippen LogP contribution in [-0.2, 0) is 0 Å². The standard InChI is InChI=1S/C13H15NS2/c1-10-5-2-3-6-11(10)12(9-14)16-13-7-4-8-15-13/h2-8,12H,9,14H2,1H3. The summed E-state index contributed by atoms with van der Waals surface area (Å²) in [5.41, 5.74) is 8.55. The van der Waals surface area contributed by atoms with Gasteiger partial charge in [-0.15, -0.1) is 23.1 Å². The summed E-state index contributed by atoms with van der Waals surface area (Å²) in [5, 5.41) is 2.47. The molecule has 2 rings (SSSR count). The van der Waals surface area contributed by atoms with Crippen molar-refractivity contribution in [2.24, 2.45) is 5.73 Å². The summed E-state index contributed by atoms with van der Waals surface area (Å²) in [5.74, 6) is 0. The normalized spacial score (nSPS) is 12.6. The van der Waals surface area contributed by atoms with Crippen molar-refractivity contribution < 1.29 is 0 Å². The van der Waals surface area contributed by atoms with Crippen molar-refractivity contribution in [1.29, 1.82) is 0 Å². The molecule has 1 unspecified atom stereocenters. The molecule has 0 amide bonds. The third-order valence-electron chi connectivity index (χ3n) is 2.50. The first-order valence-electron chi connectivity index (χ1n) is 5.27.